The van der Waals surface area contributed by atoms with Gasteiger partial charge in [0.15, 0.2) is 0 Å². The van der Waals surface area contributed by atoms with E-state index in [1.54, 1.807) is 23.2 Å². The molecular weight excluding hydrogens is 470 g/mol. The fraction of sp³-hybridized carbons (Fsp3) is 0.379. The highest BCUT2D eigenvalue weighted by atomic mass is 16.5. The fourth-order valence-electron chi connectivity index (χ4n) is 4.51. The van der Waals surface area contributed by atoms with Gasteiger partial charge in [-0.1, -0.05) is 44.2 Å². The number of hydrogen-bond donors (Lipinski definition) is 2. The molecule has 2 unspecified atom stereocenters. The van der Waals surface area contributed by atoms with E-state index in [2.05, 4.69) is 10.3 Å². The Bertz CT molecular complexity index is 1210. The standard InChI is InChI=1S/C29H35N3O5/c1-20(16-21(2)18-28(36)37-3)17-26(34)31-24-11-9-22(10-12-24)19-27(35)32(14-15-33)25-8-4-6-23-7-5-13-30-29(23)25/h4-13,20-21,33H,14-19H2,1-3H3,(H,31,34). The van der Waals surface area contributed by atoms with Crippen molar-refractivity contribution in [2.45, 2.75) is 39.5 Å². The van der Waals surface area contributed by atoms with E-state index < -0.39 is 0 Å². The second-order valence-corrected chi connectivity index (χ2v) is 9.47. The predicted molar refractivity (Wildman–Crippen MR) is 144 cm³/mol. The number of aliphatic hydroxyl groups excluding tert-OH is 1. The normalized spacial score (nSPS) is 12.5. The number of nitrogens with one attached hydrogen (secondary N) is 1. The Morgan fingerprint density at radius 3 is 2.41 bits per heavy atom. The summed E-state index contributed by atoms with van der Waals surface area (Å²) >= 11 is 0. The van der Waals surface area contributed by atoms with Crippen LogP contribution in [0.1, 0.15) is 38.7 Å². The van der Waals surface area contributed by atoms with E-state index in [9.17, 15) is 19.5 Å². The number of amides is 2. The number of fused-ring (bicyclic) bond motifs is 1. The number of methoxy groups -OCH3 is 1. The molecular formula is C29H35N3O5. The van der Waals surface area contributed by atoms with Gasteiger partial charge >= 0.3 is 5.97 Å². The van der Waals surface area contributed by atoms with Crippen LogP contribution in [0.2, 0.25) is 0 Å². The number of aromatic nitrogens is 1. The van der Waals surface area contributed by atoms with Crippen molar-refractivity contribution in [2.24, 2.45) is 11.8 Å². The van der Waals surface area contributed by atoms with Crippen LogP contribution < -0.4 is 10.2 Å². The summed E-state index contributed by atoms with van der Waals surface area (Å²) < 4.78 is 4.70. The lowest BCUT2D eigenvalue weighted by atomic mass is 9.92. The molecule has 3 aromatic rings. The second kappa shape index (κ2) is 13.5. The second-order valence-electron chi connectivity index (χ2n) is 9.47. The third-order valence-electron chi connectivity index (χ3n) is 6.20. The van der Waals surface area contributed by atoms with Crippen LogP contribution in [-0.4, -0.2) is 48.1 Å². The number of nitrogens with zero attached hydrogens (tertiary/aromatic N) is 2. The highest BCUT2D eigenvalue weighted by Crippen LogP contribution is 2.26. The quantitative estimate of drug-likeness (QED) is 0.354. The van der Waals surface area contributed by atoms with Crippen molar-refractivity contribution in [1.29, 1.82) is 0 Å². The molecule has 0 radical (unpaired) electrons. The van der Waals surface area contributed by atoms with Gasteiger partial charge in [-0.15, -0.1) is 0 Å². The van der Waals surface area contributed by atoms with Crippen molar-refractivity contribution in [3.05, 3.63) is 66.4 Å². The number of anilines is 2. The summed E-state index contributed by atoms with van der Waals surface area (Å²) in [6, 6.07) is 16.6. The molecule has 2 aromatic carbocycles. The molecule has 1 heterocycles. The van der Waals surface area contributed by atoms with Gasteiger partial charge in [-0.05, 0) is 48.1 Å². The van der Waals surface area contributed by atoms with Gasteiger partial charge in [0.1, 0.15) is 0 Å². The zero-order valence-corrected chi connectivity index (χ0v) is 21.6. The Hall–Kier alpha value is -3.78. The topological polar surface area (TPSA) is 109 Å². The molecule has 0 fully saturated rings. The van der Waals surface area contributed by atoms with Crippen molar-refractivity contribution >= 4 is 40.1 Å². The van der Waals surface area contributed by atoms with E-state index in [0.717, 1.165) is 17.4 Å². The minimum Gasteiger partial charge on any atom is -0.469 e. The predicted octanol–water partition coefficient (Wildman–Crippen LogP) is 4.36. The summed E-state index contributed by atoms with van der Waals surface area (Å²) in [7, 11) is 1.38. The zero-order chi connectivity index (χ0) is 26.8. The summed E-state index contributed by atoms with van der Waals surface area (Å²) in [6.07, 6.45) is 3.27. The maximum absolute atomic E-state index is 13.2. The maximum atomic E-state index is 13.2. The molecule has 0 saturated carbocycles. The van der Waals surface area contributed by atoms with E-state index >= 15 is 0 Å². The summed E-state index contributed by atoms with van der Waals surface area (Å²) in [5.74, 6) is -0.228. The summed E-state index contributed by atoms with van der Waals surface area (Å²) in [6.45, 7) is 3.97. The first-order chi connectivity index (χ1) is 17.8. The van der Waals surface area contributed by atoms with Crippen LogP contribution in [-0.2, 0) is 25.5 Å². The van der Waals surface area contributed by atoms with E-state index in [-0.39, 0.29) is 49.2 Å². The van der Waals surface area contributed by atoms with Crippen LogP contribution in [0.15, 0.2) is 60.8 Å². The lowest BCUT2D eigenvalue weighted by Crippen LogP contribution is -2.35. The number of pyridine rings is 1. The molecule has 0 saturated heterocycles. The molecule has 3 rings (SSSR count). The van der Waals surface area contributed by atoms with Gasteiger partial charge in [0.05, 0.1) is 31.3 Å². The zero-order valence-electron chi connectivity index (χ0n) is 21.6. The van der Waals surface area contributed by atoms with Crippen molar-refractivity contribution in [3.63, 3.8) is 0 Å². The number of carbonyl (C=O) groups excluding carboxylic acids is 3. The van der Waals surface area contributed by atoms with Gasteiger partial charge < -0.3 is 20.1 Å². The van der Waals surface area contributed by atoms with Gasteiger partial charge in [0, 0.05) is 36.7 Å². The number of rotatable bonds is 12. The number of benzene rings is 2. The van der Waals surface area contributed by atoms with Crippen LogP contribution in [0, 0.1) is 11.8 Å². The van der Waals surface area contributed by atoms with Crippen LogP contribution in [0.5, 0.6) is 0 Å². The lowest BCUT2D eigenvalue weighted by molar-refractivity contribution is -0.141. The van der Waals surface area contributed by atoms with Gasteiger partial charge in [-0.3, -0.25) is 19.4 Å². The smallest absolute Gasteiger partial charge is 0.305 e. The molecule has 37 heavy (non-hydrogen) atoms. The van der Waals surface area contributed by atoms with Crippen molar-refractivity contribution in [2.75, 3.05) is 30.5 Å². The first kappa shape index (κ1) is 27.8. The molecule has 2 atom stereocenters. The Morgan fingerprint density at radius 1 is 1.00 bits per heavy atom. The molecule has 8 heteroatoms. The average Bonchev–Trinajstić information content (AvgIpc) is 2.87. The molecule has 0 aliphatic carbocycles. The summed E-state index contributed by atoms with van der Waals surface area (Å²) in [5.41, 5.74) is 2.82. The first-order valence-corrected chi connectivity index (χ1v) is 12.5. The van der Waals surface area contributed by atoms with Gasteiger partial charge in [0.2, 0.25) is 11.8 Å². The van der Waals surface area contributed by atoms with Crippen LogP contribution in [0.3, 0.4) is 0 Å². The average molecular weight is 506 g/mol. The van der Waals surface area contributed by atoms with E-state index in [1.165, 1.54) is 7.11 Å². The van der Waals surface area contributed by atoms with Crippen LogP contribution >= 0.6 is 0 Å². The van der Waals surface area contributed by atoms with Crippen LogP contribution in [0.25, 0.3) is 10.9 Å². The van der Waals surface area contributed by atoms with Crippen molar-refractivity contribution < 1.29 is 24.2 Å². The summed E-state index contributed by atoms with van der Waals surface area (Å²) in [5, 5.41) is 13.4. The highest BCUT2D eigenvalue weighted by molar-refractivity contribution is 6.02. The maximum Gasteiger partial charge on any atom is 0.305 e. The van der Waals surface area contributed by atoms with Crippen LogP contribution in [0.4, 0.5) is 11.4 Å². The Morgan fingerprint density at radius 2 is 1.70 bits per heavy atom. The minimum absolute atomic E-state index is 0.0980. The van der Waals surface area contributed by atoms with E-state index in [0.29, 0.717) is 29.7 Å². The Balaban J connectivity index is 1.58. The SMILES string of the molecule is COC(=O)CC(C)CC(C)CC(=O)Nc1ccc(CC(=O)N(CCO)c2cccc3cccnc23)cc1. The molecule has 196 valence electrons. The number of hydrogen-bond acceptors (Lipinski definition) is 6. The van der Waals surface area contributed by atoms with Crippen molar-refractivity contribution in [1.82, 2.24) is 4.98 Å². The monoisotopic (exact) mass is 505 g/mol. The third-order valence-corrected chi connectivity index (χ3v) is 6.20. The minimum atomic E-state index is -0.240. The molecule has 0 aliphatic heterocycles. The third kappa shape index (κ3) is 8.11. The number of carbonyl (C=O) groups is 3. The van der Waals surface area contributed by atoms with Gasteiger partial charge in [0.25, 0.3) is 0 Å². The molecule has 0 spiro atoms. The van der Waals surface area contributed by atoms with Gasteiger partial charge in [-0.25, -0.2) is 0 Å². The lowest BCUT2D eigenvalue weighted by Gasteiger charge is -2.23. The number of aliphatic hydroxyl groups is 1. The van der Waals surface area contributed by atoms with E-state index in [1.807, 2.05) is 56.3 Å². The first-order valence-electron chi connectivity index (χ1n) is 12.5. The molecule has 2 amide bonds. The van der Waals surface area contributed by atoms with Gasteiger partial charge in [-0.2, -0.15) is 0 Å². The molecule has 0 bridgehead atoms. The summed E-state index contributed by atoms with van der Waals surface area (Å²) in [4.78, 5) is 43.1. The molecule has 1 aromatic heterocycles. The van der Waals surface area contributed by atoms with E-state index in [4.69, 9.17) is 4.74 Å². The number of ether oxygens (including phenoxy) is 1. The Labute approximate surface area is 217 Å². The fourth-order valence-corrected chi connectivity index (χ4v) is 4.51. The molecule has 2 N–H and O–H groups in total. The number of para-hydroxylation sites is 1. The number of esters is 1. The largest absolute Gasteiger partial charge is 0.469 e. The van der Waals surface area contributed by atoms with Crippen molar-refractivity contribution in [3.8, 4) is 0 Å². The Kier molecular flexibility index (Phi) is 10.1. The molecule has 8 nitrogen and oxygen atoms in total. The highest BCUT2D eigenvalue weighted by Gasteiger charge is 2.19. The molecule has 0 aliphatic rings.